The summed E-state index contributed by atoms with van der Waals surface area (Å²) in [6, 6.07) is 9.21. The van der Waals surface area contributed by atoms with Crippen molar-refractivity contribution in [2.75, 3.05) is 18.1 Å². The van der Waals surface area contributed by atoms with Crippen LogP contribution in [0.5, 0.6) is 5.75 Å². The molecule has 0 saturated carbocycles. The van der Waals surface area contributed by atoms with E-state index in [1.54, 1.807) is 38.1 Å². The molecule has 1 atom stereocenters. The number of ketones is 1. The third kappa shape index (κ3) is 5.33. The van der Waals surface area contributed by atoms with Crippen LogP contribution in [0, 0.1) is 19.7 Å². The minimum atomic E-state index is -1.33. The van der Waals surface area contributed by atoms with E-state index in [9.17, 15) is 19.5 Å². The molecule has 1 aromatic heterocycles. The lowest BCUT2D eigenvalue weighted by Crippen LogP contribution is -2.29. The summed E-state index contributed by atoms with van der Waals surface area (Å²) in [7, 11) is 0. The van der Waals surface area contributed by atoms with Crippen molar-refractivity contribution in [2.45, 2.75) is 33.2 Å². The van der Waals surface area contributed by atoms with Crippen LogP contribution in [0.2, 0.25) is 0 Å². The van der Waals surface area contributed by atoms with Crippen molar-refractivity contribution in [3.8, 4) is 5.75 Å². The van der Waals surface area contributed by atoms with Gasteiger partial charge >= 0.3 is 11.9 Å². The van der Waals surface area contributed by atoms with E-state index < -0.39 is 35.3 Å². The van der Waals surface area contributed by atoms with E-state index in [0.29, 0.717) is 17.9 Å². The Balaban J connectivity index is 1.86. The predicted molar refractivity (Wildman–Crippen MR) is 145 cm³/mol. The smallest absolute Gasteiger partial charge is 0.350 e. The van der Waals surface area contributed by atoms with E-state index in [0.717, 1.165) is 22.7 Å². The number of nitrogens with zero attached hydrogens (tertiary/aromatic N) is 2. The van der Waals surface area contributed by atoms with Gasteiger partial charge < -0.3 is 14.6 Å². The normalized spacial score (nSPS) is 16.4. The molecule has 4 rings (SSSR count). The molecule has 1 aliphatic rings. The molecule has 0 aliphatic carbocycles. The molecule has 39 heavy (non-hydrogen) atoms. The van der Waals surface area contributed by atoms with Crippen LogP contribution >= 0.6 is 11.3 Å². The number of hydrogen-bond acceptors (Lipinski definition) is 8. The summed E-state index contributed by atoms with van der Waals surface area (Å²) in [5, 5.41) is 11.3. The fraction of sp³-hybridized carbons (Fsp3) is 0.241. The molecule has 1 fully saturated rings. The lowest BCUT2D eigenvalue weighted by Gasteiger charge is -2.23. The molecule has 10 heteroatoms. The lowest BCUT2D eigenvalue weighted by molar-refractivity contribution is -0.132. The van der Waals surface area contributed by atoms with E-state index in [1.807, 2.05) is 6.92 Å². The molecule has 2 aromatic carbocycles. The Bertz CT molecular complexity index is 1490. The Kier molecular flexibility index (Phi) is 8.25. The van der Waals surface area contributed by atoms with Gasteiger partial charge in [-0.15, -0.1) is 0 Å². The second kappa shape index (κ2) is 11.6. The number of halogens is 1. The zero-order valence-electron chi connectivity index (χ0n) is 21.7. The molecule has 2 heterocycles. The quantitative estimate of drug-likeness (QED) is 0.121. The second-order valence-corrected chi connectivity index (χ2v) is 9.79. The number of aliphatic hydroxyl groups is 1. The maximum Gasteiger partial charge on any atom is 0.350 e. The van der Waals surface area contributed by atoms with Crippen LogP contribution in [0.3, 0.4) is 0 Å². The average Bonchev–Trinajstić information content (AvgIpc) is 3.42. The highest BCUT2D eigenvalue weighted by molar-refractivity contribution is 7.17. The molecule has 1 aliphatic heterocycles. The van der Waals surface area contributed by atoms with Crippen molar-refractivity contribution in [1.82, 2.24) is 4.98 Å². The van der Waals surface area contributed by atoms with Crippen molar-refractivity contribution in [2.24, 2.45) is 0 Å². The second-order valence-electron chi connectivity index (χ2n) is 8.82. The van der Waals surface area contributed by atoms with Crippen molar-refractivity contribution in [3.63, 3.8) is 0 Å². The number of anilines is 1. The van der Waals surface area contributed by atoms with Crippen molar-refractivity contribution >= 4 is 39.9 Å². The maximum absolute atomic E-state index is 15.1. The number of benzene rings is 2. The molecular weight excluding hydrogens is 523 g/mol. The number of aliphatic hydroxyl groups excluding tert-OH is 1. The summed E-state index contributed by atoms with van der Waals surface area (Å²) in [5.41, 5.74) is 0.940. The van der Waals surface area contributed by atoms with E-state index in [-0.39, 0.29) is 39.0 Å². The van der Waals surface area contributed by atoms with Gasteiger partial charge in [-0.3, -0.25) is 14.5 Å². The van der Waals surface area contributed by atoms with E-state index >= 15 is 4.39 Å². The van der Waals surface area contributed by atoms with Crippen molar-refractivity contribution in [1.29, 1.82) is 0 Å². The number of esters is 1. The molecule has 0 unspecified atom stereocenters. The zero-order valence-corrected chi connectivity index (χ0v) is 22.5. The van der Waals surface area contributed by atoms with Crippen LogP contribution in [0.4, 0.5) is 9.52 Å². The highest BCUT2D eigenvalue weighted by Gasteiger charge is 2.49. The molecule has 3 aromatic rings. The van der Waals surface area contributed by atoms with Gasteiger partial charge in [0.1, 0.15) is 34.9 Å². The highest BCUT2D eigenvalue weighted by atomic mass is 32.1. The summed E-state index contributed by atoms with van der Waals surface area (Å²) in [6.45, 7) is 9.33. The van der Waals surface area contributed by atoms with Gasteiger partial charge in [-0.25, -0.2) is 14.2 Å². The van der Waals surface area contributed by atoms with E-state index in [4.69, 9.17) is 9.47 Å². The summed E-state index contributed by atoms with van der Waals surface area (Å²) < 4.78 is 25.9. The zero-order chi connectivity index (χ0) is 28.3. The van der Waals surface area contributed by atoms with Gasteiger partial charge in [0.05, 0.1) is 17.9 Å². The van der Waals surface area contributed by atoms with Crippen molar-refractivity contribution in [3.05, 3.63) is 93.8 Å². The number of thiazole rings is 1. The summed E-state index contributed by atoms with van der Waals surface area (Å²) in [6.07, 6.45) is 2.23. The molecule has 1 saturated heterocycles. The Morgan fingerprint density at radius 1 is 1.23 bits per heavy atom. The molecule has 0 bridgehead atoms. The van der Waals surface area contributed by atoms with Gasteiger partial charge in [-0.1, -0.05) is 49.1 Å². The number of carbonyl (C=O) groups is 3. The SMILES string of the molecule is C=CCOC(=O)c1sc(N2C(=O)C(=O)C(=C(O)c3ccc(OCCC)c(C)c3)[C@@H]2c2ccccc2F)nc1C. The third-order valence-electron chi connectivity index (χ3n) is 6.06. The Labute approximate surface area is 229 Å². The Hall–Kier alpha value is -4.31. The highest BCUT2D eigenvalue weighted by Crippen LogP contribution is 2.44. The predicted octanol–water partition coefficient (Wildman–Crippen LogP) is 5.66. The summed E-state index contributed by atoms with van der Waals surface area (Å²) >= 11 is 0.837. The number of rotatable bonds is 9. The number of aryl methyl sites for hydroxylation is 2. The number of amides is 1. The van der Waals surface area contributed by atoms with Gasteiger partial charge in [0.15, 0.2) is 5.13 Å². The van der Waals surface area contributed by atoms with E-state index in [2.05, 4.69) is 11.6 Å². The number of ether oxygens (including phenoxy) is 2. The van der Waals surface area contributed by atoms with Crippen LogP contribution in [0.25, 0.3) is 5.76 Å². The van der Waals surface area contributed by atoms with Crippen LogP contribution < -0.4 is 9.64 Å². The molecule has 8 nitrogen and oxygen atoms in total. The largest absolute Gasteiger partial charge is 0.507 e. The van der Waals surface area contributed by atoms with Gasteiger partial charge in [0, 0.05) is 11.1 Å². The Morgan fingerprint density at radius 2 is 1.97 bits per heavy atom. The number of carbonyl (C=O) groups excluding carboxylic acids is 3. The topological polar surface area (TPSA) is 106 Å². The summed E-state index contributed by atoms with van der Waals surface area (Å²) in [4.78, 5) is 44.7. The Morgan fingerprint density at radius 3 is 2.64 bits per heavy atom. The first-order valence-electron chi connectivity index (χ1n) is 12.2. The molecule has 0 radical (unpaired) electrons. The first kappa shape index (κ1) is 27.7. The first-order chi connectivity index (χ1) is 18.7. The number of Topliss-reactive ketones (excluding diaryl/α,β-unsaturated/α-hetero) is 1. The molecule has 1 amide bonds. The average molecular weight is 551 g/mol. The monoisotopic (exact) mass is 550 g/mol. The van der Waals surface area contributed by atoms with Crippen LogP contribution in [-0.2, 0) is 14.3 Å². The van der Waals surface area contributed by atoms with Gasteiger partial charge in [0.2, 0.25) is 0 Å². The summed E-state index contributed by atoms with van der Waals surface area (Å²) in [5.74, 6) is -3.21. The van der Waals surface area contributed by atoms with Crippen LogP contribution in [0.15, 0.2) is 60.7 Å². The first-order valence-corrected chi connectivity index (χ1v) is 13.1. The fourth-order valence-electron chi connectivity index (χ4n) is 4.22. The number of aromatic nitrogens is 1. The van der Waals surface area contributed by atoms with Crippen LogP contribution in [0.1, 0.15) is 51.4 Å². The molecule has 1 N–H and O–H groups in total. The fourth-order valence-corrected chi connectivity index (χ4v) is 5.21. The minimum absolute atomic E-state index is 0.00745. The third-order valence-corrected chi connectivity index (χ3v) is 7.20. The van der Waals surface area contributed by atoms with Gasteiger partial charge in [-0.05, 0) is 50.1 Å². The van der Waals surface area contributed by atoms with Gasteiger partial charge in [-0.2, -0.15) is 0 Å². The molecule has 202 valence electrons. The lowest BCUT2D eigenvalue weighted by atomic mass is 9.94. The molecule has 0 spiro atoms. The molecular formula is C29H27FN2O6S. The van der Waals surface area contributed by atoms with Crippen LogP contribution in [-0.4, -0.2) is 41.0 Å². The number of hydrogen-bond donors (Lipinski definition) is 1. The van der Waals surface area contributed by atoms with Crippen molar-refractivity contribution < 1.29 is 33.4 Å². The van der Waals surface area contributed by atoms with E-state index in [1.165, 1.54) is 24.3 Å². The van der Waals surface area contributed by atoms with Gasteiger partial charge in [0.25, 0.3) is 5.78 Å². The minimum Gasteiger partial charge on any atom is -0.507 e. The maximum atomic E-state index is 15.1. The standard InChI is InChI=1S/C29H27FN2O6S/c1-5-13-37-21-12-11-18(15-16(21)3)24(33)22-23(19-9-7-8-10-20(19)30)32(27(35)25(22)34)29-31-17(4)26(39-29)28(36)38-14-6-2/h6-12,15,23,33H,2,5,13-14H2,1,3-4H3/t23-/m0/s1.